The number of hydrogen-bond acceptors (Lipinski definition) is 6. The highest BCUT2D eigenvalue weighted by molar-refractivity contribution is 7.09. The quantitative estimate of drug-likeness (QED) is 0.722. The van der Waals surface area contributed by atoms with Gasteiger partial charge in [-0.3, -0.25) is 9.69 Å². The van der Waals surface area contributed by atoms with Gasteiger partial charge in [-0.1, -0.05) is 26.8 Å². The molecule has 0 N–H and O–H groups in total. The number of amides is 1. The molecule has 7 heteroatoms. The number of nitrogens with zero attached hydrogens (tertiary/aromatic N) is 3. The number of carbonyl (C=O) groups is 1. The third-order valence-electron chi connectivity index (χ3n) is 5.21. The van der Waals surface area contributed by atoms with Gasteiger partial charge in [0, 0.05) is 37.0 Å². The van der Waals surface area contributed by atoms with Crippen LogP contribution in [0, 0.1) is 0 Å². The Balaban J connectivity index is 1.51. The monoisotopic (exact) mass is 417 g/mol. The molecule has 1 fully saturated rings. The Bertz CT molecular complexity index is 836. The molecule has 1 saturated heterocycles. The van der Waals surface area contributed by atoms with Crippen molar-refractivity contribution in [2.24, 2.45) is 0 Å². The summed E-state index contributed by atoms with van der Waals surface area (Å²) in [7, 11) is 3.22. The Morgan fingerprint density at radius 1 is 1.10 bits per heavy atom. The minimum Gasteiger partial charge on any atom is -0.493 e. The number of methoxy groups -OCH3 is 2. The van der Waals surface area contributed by atoms with Gasteiger partial charge >= 0.3 is 0 Å². The maximum atomic E-state index is 12.7. The molecule has 2 aromatic rings. The van der Waals surface area contributed by atoms with E-state index >= 15 is 0 Å². The van der Waals surface area contributed by atoms with Crippen LogP contribution in [0.3, 0.4) is 0 Å². The molecule has 6 nitrogen and oxygen atoms in total. The number of ether oxygens (including phenoxy) is 2. The zero-order valence-electron chi connectivity index (χ0n) is 18.0. The van der Waals surface area contributed by atoms with Crippen molar-refractivity contribution in [1.82, 2.24) is 14.8 Å². The van der Waals surface area contributed by atoms with Crippen LogP contribution in [0.2, 0.25) is 0 Å². The number of hydrogen-bond donors (Lipinski definition) is 0. The standard InChI is InChI=1S/C22H31N3O3S/c1-22(2,3)19-15-29-20(23-19)14-24-8-10-25(11-9-24)21(26)13-16-6-7-17(27-4)18(12-16)28-5/h6-7,12,15H,8-11,13-14H2,1-5H3. The first-order valence-electron chi connectivity index (χ1n) is 9.96. The summed E-state index contributed by atoms with van der Waals surface area (Å²) >= 11 is 1.73. The zero-order chi connectivity index (χ0) is 21.0. The van der Waals surface area contributed by atoms with Gasteiger partial charge in [-0.25, -0.2) is 4.98 Å². The fourth-order valence-electron chi connectivity index (χ4n) is 3.35. The maximum Gasteiger partial charge on any atom is 0.227 e. The minimum atomic E-state index is 0.0873. The second-order valence-corrected chi connectivity index (χ2v) is 9.34. The van der Waals surface area contributed by atoms with Crippen molar-refractivity contribution in [2.45, 2.75) is 39.2 Å². The SMILES string of the molecule is COc1ccc(CC(=O)N2CCN(Cc3nc(C(C)(C)C)cs3)CC2)cc1OC. The summed E-state index contributed by atoms with van der Waals surface area (Å²) in [5, 5.41) is 3.32. The molecule has 29 heavy (non-hydrogen) atoms. The van der Waals surface area contributed by atoms with Crippen molar-refractivity contribution in [3.63, 3.8) is 0 Å². The van der Waals surface area contributed by atoms with Crippen LogP contribution in [0.4, 0.5) is 0 Å². The van der Waals surface area contributed by atoms with E-state index in [1.807, 2.05) is 23.1 Å². The van der Waals surface area contributed by atoms with Gasteiger partial charge in [0.1, 0.15) is 5.01 Å². The van der Waals surface area contributed by atoms with E-state index in [2.05, 4.69) is 31.1 Å². The molecule has 0 radical (unpaired) electrons. The molecule has 0 bridgehead atoms. The number of thiazole rings is 1. The summed E-state index contributed by atoms with van der Waals surface area (Å²) in [4.78, 5) is 21.8. The van der Waals surface area contributed by atoms with E-state index in [0.29, 0.717) is 17.9 Å². The molecule has 158 valence electrons. The Morgan fingerprint density at radius 2 is 1.79 bits per heavy atom. The number of piperazine rings is 1. The molecule has 0 spiro atoms. The molecule has 1 aliphatic rings. The lowest BCUT2D eigenvalue weighted by molar-refractivity contribution is -0.132. The van der Waals surface area contributed by atoms with E-state index in [1.54, 1.807) is 25.6 Å². The predicted octanol–water partition coefficient (Wildman–Crippen LogP) is 3.34. The average molecular weight is 418 g/mol. The third-order valence-corrected chi connectivity index (χ3v) is 6.04. The largest absolute Gasteiger partial charge is 0.493 e. The molecule has 1 aliphatic heterocycles. The normalized spacial score (nSPS) is 15.4. The number of rotatable bonds is 6. The molecule has 2 heterocycles. The van der Waals surface area contributed by atoms with Gasteiger partial charge in [0.15, 0.2) is 11.5 Å². The summed E-state index contributed by atoms with van der Waals surface area (Å²) in [6, 6.07) is 5.65. The highest BCUT2D eigenvalue weighted by atomic mass is 32.1. The smallest absolute Gasteiger partial charge is 0.227 e. The van der Waals surface area contributed by atoms with Crippen molar-refractivity contribution >= 4 is 17.2 Å². The highest BCUT2D eigenvalue weighted by Crippen LogP contribution is 2.28. The molecule has 0 saturated carbocycles. The van der Waals surface area contributed by atoms with Crippen molar-refractivity contribution in [3.8, 4) is 11.5 Å². The van der Waals surface area contributed by atoms with Crippen LogP contribution in [0.25, 0.3) is 0 Å². The van der Waals surface area contributed by atoms with Crippen LogP contribution in [-0.2, 0) is 23.2 Å². The first kappa shape index (κ1) is 21.6. The summed E-state index contributed by atoms with van der Waals surface area (Å²) in [6.45, 7) is 10.7. The molecular formula is C22H31N3O3S. The Morgan fingerprint density at radius 3 is 2.38 bits per heavy atom. The van der Waals surface area contributed by atoms with Gasteiger partial charge in [0.25, 0.3) is 0 Å². The van der Waals surface area contributed by atoms with E-state index in [1.165, 1.54) is 0 Å². The van der Waals surface area contributed by atoms with E-state index in [0.717, 1.165) is 49.0 Å². The Labute approximate surface area is 177 Å². The topological polar surface area (TPSA) is 54.9 Å². The van der Waals surface area contributed by atoms with Crippen molar-refractivity contribution in [1.29, 1.82) is 0 Å². The first-order valence-corrected chi connectivity index (χ1v) is 10.8. The number of benzene rings is 1. The van der Waals surface area contributed by atoms with Gasteiger partial charge in [-0.05, 0) is 17.7 Å². The van der Waals surface area contributed by atoms with Gasteiger partial charge in [-0.2, -0.15) is 0 Å². The lowest BCUT2D eigenvalue weighted by Gasteiger charge is -2.34. The molecule has 1 aromatic heterocycles. The summed E-state index contributed by atoms with van der Waals surface area (Å²) in [6.07, 6.45) is 0.377. The van der Waals surface area contributed by atoms with Crippen LogP contribution in [0.5, 0.6) is 11.5 Å². The van der Waals surface area contributed by atoms with Gasteiger partial charge < -0.3 is 14.4 Å². The van der Waals surface area contributed by atoms with Crippen LogP contribution in [0.15, 0.2) is 23.6 Å². The molecule has 1 amide bonds. The van der Waals surface area contributed by atoms with Crippen molar-refractivity contribution in [2.75, 3.05) is 40.4 Å². The average Bonchev–Trinajstić information content (AvgIpc) is 3.17. The fraction of sp³-hybridized carbons (Fsp3) is 0.545. The maximum absolute atomic E-state index is 12.7. The van der Waals surface area contributed by atoms with E-state index < -0.39 is 0 Å². The molecule has 0 atom stereocenters. The Hall–Kier alpha value is -2.12. The van der Waals surface area contributed by atoms with Crippen molar-refractivity contribution < 1.29 is 14.3 Å². The lowest BCUT2D eigenvalue weighted by Crippen LogP contribution is -2.48. The second-order valence-electron chi connectivity index (χ2n) is 8.40. The van der Waals surface area contributed by atoms with Crippen LogP contribution in [-0.4, -0.2) is 61.1 Å². The summed E-state index contributed by atoms with van der Waals surface area (Å²) in [5.74, 6) is 1.48. The van der Waals surface area contributed by atoms with Crippen LogP contribution < -0.4 is 9.47 Å². The first-order chi connectivity index (χ1) is 13.8. The lowest BCUT2D eigenvalue weighted by atomic mass is 9.93. The zero-order valence-corrected chi connectivity index (χ0v) is 18.8. The van der Waals surface area contributed by atoms with Crippen LogP contribution >= 0.6 is 11.3 Å². The Kier molecular flexibility index (Phi) is 6.80. The summed E-state index contributed by atoms with van der Waals surface area (Å²) < 4.78 is 10.6. The fourth-order valence-corrected chi connectivity index (χ4v) is 4.41. The van der Waals surface area contributed by atoms with Gasteiger partial charge in [-0.15, -0.1) is 11.3 Å². The van der Waals surface area contributed by atoms with Gasteiger partial charge in [0.2, 0.25) is 5.91 Å². The van der Waals surface area contributed by atoms with Crippen molar-refractivity contribution in [3.05, 3.63) is 39.8 Å². The third kappa shape index (κ3) is 5.48. The predicted molar refractivity (Wildman–Crippen MR) is 116 cm³/mol. The summed E-state index contributed by atoms with van der Waals surface area (Å²) in [5.41, 5.74) is 2.18. The number of aromatic nitrogens is 1. The molecule has 1 aromatic carbocycles. The second kappa shape index (κ2) is 9.13. The van der Waals surface area contributed by atoms with E-state index in [-0.39, 0.29) is 11.3 Å². The minimum absolute atomic E-state index is 0.0873. The van der Waals surface area contributed by atoms with Crippen LogP contribution in [0.1, 0.15) is 37.0 Å². The number of carbonyl (C=O) groups excluding carboxylic acids is 1. The molecule has 0 unspecified atom stereocenters. The van der Waals surface area contributed by atoms with Gasteiger partial charge in [0.05, 0.1) is 32.9 Å². The molecule has 0 aliphatic carbocycles. The van der Waals surface area contributed by atoms with E-state index in [4.69, 9.17) is 14.5 Å². The van der Waals surface area contributed by atoms with E-state index in [9.17, 15) is 4.79 Å². The molecular weight excluding hydrogens is 386 g/mol. The molecule has 3 rings (SSSR count). The highest BCUT2D eigenvalue weighted by Gasteiger charge is 2.23.